The molecule has 0 aliphatic carbocycles. The van der Waals surface area contributed by atoms with Gasteiger partial charge in [0, 0.05) is 11.4 Å². The third-order valence-electron chi connectivity index (χ3n) is 2.07. The summed E-state index contributed by atoms with van der Waals surface area (Å²) in [6.07, 6.45) is 0. The second-order valence-electron chi connectivity index (χ2n) is 3.67. The summed E-state index contributed by atoms with van der Waals surface area (Å²) in [4.78, 5) is 14.7. The first-order valence-electron chi connectivity index (χ1n) is 5.12. The average molecular weight is 303 g/mol. The van der Waals surface area contributed by atoms with Gasteiger partial charge < -0.3 is 0 Å². The van der Waals surface area contributed by atoms with Crippen LogP contribution in [0.15, 0.2) is 17.6 Å². The molecule has 0 saturated heterocycles. The standard InChI is InChI=1S/C10H11ClN4OS2/c1-15(4-7-2-3-8(11)18-7)5-9(16)13-10-14-12-6-17-10/h2-3,6H,4-5H2,1H3,(H,13,14,16). The van der Waals surface area contributed by atoms with Gasteiger partial charge in [0.1, 0.15) is 5.51 Å². The number of carbonyl (C=O) groups excluding carboxylic acids is 1. The van der Waals surface area contributed by atoms with Crippen LogP contribution in [0.1, 0.15) is 4.88 Å². The van der Waals surface area contributed by atoms with Gasteiger partial charge in [0.05, 0.1) is 10.9 Å². The summed E-state index contributed by atoms with van der Waals surface area (Å²) in [5.74, 6) is -0.100. The minimum Gasteiger partial charge on any atom is -0.299 e. The van der Waals surface area contributed by atoms with Crippen molar-refractivity contribution in [3.8, 4) is 0 Å². The molecular formula is C10H11ClN4OS2. The molecule has 0 fully saturated rings. The molecule has 2 rings (SSSR count). The zero-order valence-corrected chi connectivity index (χ0v) is 12.0. The lowest BCUT2D eigenvalue weighted by molar-refractivity contribution is -0.117. The highest BCUT2D eigenvalue weighted by Gasteiger charge is 2.09. The summed E-state index contributed by atoms with van der Waals surface area (Å²) in [7, 11) is 1.88. The number of anilines is 1. The predicted octanol–water partition coefficient (Wildman–Crippen LogP) is 2.32. The number of hydrogen-bond donors (Lipinski definition) is 1. The molecule has 0 bridgehead atoms. The van der Waals surface area contributed by atoms with E-state index in [0.717, 1.165) is 9.21 Å². The fraction of sp³-hybridized carbons (Fsp3) is 0.300. The van der Waals surface area contributed by atoms with Gasteiger partial charge in [-0.25, -0.2) is 0 Å². The summed E-state index contributed by atoms with van der Waals surface area (Å²) in [5.41, 5.74) is 1.58. The molecule has 0 unspecified atom stereocenters. The van der Waals surface area contributed by atoms with Crippen LogP contribution in [0, 0.1) is 0 Å². The molecule has 2 heterocycles. The molecule has 0 saturated carbocycles. The molecule has 2 aromatic rings. The normalized spacial score (nSPS) is 10.8. The summed E-state index contributed by atoms with van der Waals surface area (Å²) in [6, 6.07) is 3.82. The number of thiophene rings is 1. The van der Waals surface area contributed by atoms with Gasteiger partial charge in [-0.2, -0.15) is 0 Å². The number of aromatic nitrogens is 2. The summed E-state index contributed by atoms with van der Waals surface area (Å²) in [5, 5.41) is 10.6. The lowest BCUT2D eigenvalue weighted by Crippen LogP contribution is -2.29. The first-order chi connectivity index (χ1) is 8.63. The van der Waals surface area contributed by atoms with E-state index in [9.17, 15) is 4.79 Å². The summed E-state index contributed by atoms with van der Waals surface area (Å²) < 4.78 is 0.761. The van der Waals surface area contributed by atoms with Crippen molar-refractivity contribution in [2.75, 3.05) is 18.9 Å². The molecule has 1 N–H and O–H groups in total. The molecule has 0 aliphatic heterocycles. The van der Waals surface area contributed by atoms with Crippen LogP contribution in [0.25, 0.3) is 0 Å². The van der Waals surface area contributed by atoms with Crippen molar-refractivity contribution in [3.05, 3.63) is 26.9 Å². The van der Waals surface area contributed by atoms with Crippen LogP contribution in [0.2, 0.25) is 4.34 Å². The van der Waals surface area contributed by atoms with E-state index in [4.69, 9.17) is 11.6 Å². The van der Waals surface area contributed by atoms with Crippen molar-refractivity contribution in [1.82, 2.24) is 15.1 Å². The van der Waals surface area contributed by atoms with E-state index in [-0.39, 0.29) is 5.91 Å². The zero-order chi connectivity index (χ0) is 13.0. The number of likely N-dealkylation sites (N-methyl/N-ethyl adjacent to an activating group) is 1. The Morgan fingerprint density at radius 3 is 3.00 bits per heavy atom. The Kier molecular flexibility index (Phi) is 4.65. The Morgan fingerprint density at radius 2 is 2.39 bits per heavy atom. The smallest absolute Gasteiger partial charge is 0.240 e. The Labute approximate surface area is 117 Å². The van der Waals surface area contributed by atoms with E-state index in [0.29, 0.717) is 18.2 Å². The Morgan fingerprint density at radius 1 is 1.56 bits per heavy atom. The fourth-order valence-corrected chi connectivity index (χ4v) is 3.02. The molecule has 18 heavy (non-hydrogen) atoms. The number of nitrogens with zero attached hydrogens (tertiary/aromatic N) is 3. The molecule has 0 atom stereocenters. The van der Waals surface area contributed by atoms with Gasteiger partial charge in [-0.1, -0.05) is 22.9 Å². The zero-order valence-electron chi connectivity index (χ0n) is 9.59. The van der Waals surface area contributed by atoms with Crippen LogP contribution in [0.3, 0.4) is 0 Å². The number of nitrogens with one attached hydrogen (secondary N) is 1. The van der Waals surface area contributed by atoms with Crippen molar-refractivity contribution >= 4 is 45.3 Å². The first kappa shape index (κ1) is 13.4. The fourth-order valence-electron chi connectivity index (χ4n) is 1.39. The molecular weight excluding hydrogens is 292 g/mol. The minimum absolute atomic E-state index is 0.100. The van der Waals surface area contributed by atoms with Crippen LogP contribution < -0.4 is 5.32 Å². The largest absolute Gasteiger partial charge is 0.299 e. The van der Waals surface area contributed by atoms with E-state index >= 15 is 0 Å². The molecule has 5 nitrogen and oxygen atoms in total. The van der Waals surface area contributed by atoms with Gasteiger partial charge in [0.25, 0.3) is 0 Å². The Balaban J connectivity index is 1.80. The van der Waals surface area contributed by atoms with Gasteiger partial charge >= 0.3 is 0 Å². The maximum atomic E-state index is 11.7. The van der Waals surface area contributed by atoms with Gasteiger partial charge in [0.15, 0.2) is 0 Å². The van der Waals surface area contributed by atoms with Gasteiger partial charge in [0.2, 0.25) is 11.0 Å². The summed E-state index contributed by atoms with van der Waals surface area (Å²) in [6.45, 7) is 0.996. The molecule has 96 valence electrons. The molecule has 0 spiro atoms. The Bertz CT molecular complexity index is 514. The molecule has 0 aromatic carbocycles. The van der Waals surface area contributed by atoms with E-state index < -0.39 is 0 Å². The second-order valence-corrected chi connectivity index (χ2v) is 6.30. The second kappa shape index (κ2) is 6.24. The van der Waals surface area contributed by atoms with Crippen molar-refractivity contribution in [2.24, 2.45) is 0 Å². The highest BCUT2D eigenvalue weighted by atomic mass is 35.5. The number of amides is 1. The minimum atomic E-state index is -0.100. The van der Waals surface area contributed by atoms with Crippen molar-refractivity contribution in [1.29, 1.82) is 0 Å². The predicted molar refractivity (Wildman–Crippen MR) is 74.2 cm³/mol. The third kappa shape index (κ3) is 4.02. The number of hydrogen-bond acceptors (Lipinski definition) is 6. The molecule has 2 aromatic heterocycles. The first-order valence-corrected chi connectivity index (χ1v) is 7.19. The van der Waals surface area contributed by atoms with Crippen molar-refractivity contribution in [2.45, 2.75) is 6.54 Å². The highest BCUT2D eigenvalue weighted by molar-refractivity contribution is 7.16. The van der Waals surface area contributed by atoms with Crippen LogP contribution >= 0.6 is 34.3 Å². The molecule has 0 aliphatic rings. The van der Waals surface area contributed by atoms with E-state index in [2.05, 4.69) is 15.5 Å². The Hall–Kier alpha value is -1.02. The molecule has 0 radical (unpaired) electrons. The number of carbonyl (C=O) groups is 1. The average Bonchev–Trinajstić information content (AvgIpc) is 2.90. The lowest BCUT2D eigenvalue weighted by Gasteiger charge is -2.14. The summed E-state index contributed by atoms with van der Waals surface area (Å²) >= 11 is 8.67. The maximum Gasteiger partial charge on any atom is 0.240 e. The van der Waals surface area contributed by atoms with Crippen LogP contribution in [0.5, 0.6) is 0 Å². The number of halogens is 1. The van der Waals surface area contributed by atoms with Crippen molar-refractivity contribution in [3.63, 3.8) is 0 Å². The lowest BCUT2D eigenvalue weighted by atomic mass is 10.4. The maximum absolute atomic E-state index is 11.7. The van der Waals surface area contributed by atoms with Gasteiger partial charge in [-0.3, -0.25) is 15.0 Å². The monoisotopic (exact) mass is 302 g/mol. The van der Waals surface area contributed by atoms with Crippen molar-refractivity contribution < 1.29 is 4.79 Å². The van der Waals surface area contributed by atoms with Gasteiger partial charge in [-0.05, 0) is 19.2 Å². The number of rotatable bonds is 5. The van der Waals surface area contributed by atoms with E-state index in [1.807, 2.05) is 24.1 Å². The third-order valence-corrected chi connectivity index (χ3v) is 3.90. The molecule has 1 amide bonds. The van der Waals surface area contributed by atoms with Gasteiger partial charge in [-0.15, -0.1) is 21.5 Å². The van der Waals surface area contributed by atoms with E-state index in [1.54, 1.807) is 5.51 Å². The SMILES string of the molecule is CN(CC(=O)Nc1nncs1)Cc1ccc(Cl)s1. The van der Waals surface area contributed by atoms with Crippen LogP contribution in [0.4, 0.5) is 5.13 Å². The topological polar surface area (TPSA) is 58.1 Å². The van der Waals surface area contributed by atoms with E-state index in [1.165, 1.54) is 22.7 Å². The van der Waals surface area contributed by atoms with Crippen LogP contribution in [-0.4, -0.2) is 34.6 Å². The highest BCUT2D eigenvalue weighted by Crippen LogP contribution is 2.22. The molecule has 8 heteroatoms. The quantitative estimate of drug-likeness (QED) is 0.921. The van der Waals surface area contributed by atoms with Crippen LogP contribution in [-0.2, 0) is 11.3 Å².